The lowest BCUT2D eigenvalue weighted by Gasteiger charge is -2.33. The van der Waals surface area contributed by atoms with E-state index in [4.69, 9.17) is 0 Å². The van der Waals surface area contributed by atoms with Gasteiger partial charge in [0.2, 0.25) is 0 Å². The molecule has 1 aliphatic rings. The lowest BCUT2D eigenvalue weighted by atomic mass is 9.88. The van der Waals surface area contributed by atoms with Crippen molar-refractivity contribution in [1.82, 2.24) is 9.88 Å². The first-order chi connectivity index (χ1) is 14.7. The molecule has 0 spiro atoms. The van der Waals surface area contributed by atoms with E-state index in [1.54, 1.807) is 18.3 Å². The van der Waals surface area contributed by atoms with Crippen LogP contribution >= 0.6 is 9.24 Å². The number of rotatable bonds is 6. The molecule has 1 fully saturated rings. The molecule has 2 heterocycles. The molecule has 166 valence electrons. The summed E-state index contributed by atoms with van der Waals surface area (Å²) in [5.41, 5.74) is 4.33. The Bertz CT molecular complexity index is 975. The summed E-state index contributed by atoms with van der Waals surface area (Å²) in [6.45, 7) is 7.86. The Morgan fingerprint density at radius 1 is 1.32 bits per heavy atom. The van der Waals surface area contributed by atoms with Crippen LogP contribution in [0.3, 0.4) is 0 Å². The minimum absolute atomic E-state index is 0.128. The number of halogens is 2. The van der Waals surface area contributed by atoms with Gasteiger partial charge in [0.05, 0.1) is 5.69 Å². The number of likely N-dealkylation sites (tertiary alicyclic amines) is 1. The number of carbonyl (C=O) groups is 1. The minimum Gasteiger partial charge on any atom is -0.299 e. The molecular weight excluding hydrogens is 415 g/mol. The highest BCUT2D eigenvalue weighted by atomic mass is 31.0. The summed E-state index contributed by atoms with van der Waals surface area (Å²) in [6.07, 6.45) is 5.33. The second-order valence-electron chi connectivity index (χ2n) is 8.36. The average molecular weight is 445 g/mol. The lowest BCUT2D eigenvalue weighted by molar-refractivity contribution is 0.101. The van der Waals surface area contributed by atoms with Crippen molar-refractivity contribution in [2.75, 3.05) is 31.8 Å². The van der Waals surface area contributed by atoms with Crippen LogP contribution in [0.2, 0.25) is 0 Å². The van der Waals surface area contributed by atoms with E-state index >= 15 is 0 Å². The van der Waals surface area contributed by atoms with Gasteiger partial charge in [-0.15, -0.1) is 13.7 Å². The zero-order valence-corrected chi connectivity index (χ0v) is 19.7. The van der Waals surface area contributed by atoms with Crippen molar-refractivity contribution >= 4 is 32.1 Å². The topological polar surface area (TPSA) is 36.4 Å². The van der Waals surface area contributed by atoms with Gasteiger partial charge in [0.25, 0.3) is 0 Å². The largest absolute Gasteiger partial charge is 0.299 e. The number of nitrogens with zero attached hydrogens (tertiary/aromatic N) is 3. The van der Waals surface area contributed by atoms with Crippen LogP contribution in [0.5, 0.6) is 0 Å². The van der Waals surface area contributed by atoms with Gasteiger partial charge in [0.15, 0.2) is 5.78 Å². The van der Waals surface area contributed by atoms with Gasteiger partial charge in [-0.1, -0.05) is 11.6 Å². The summed E-state index contributed by atoms with van der Waals surface area (Å²) < 4.78 is 28.6. The minimum atomic E-state index is -0.290. The Morgan fingerprint density at radius 3 is 2.58 bits per heavy atom. The van der Waals surface area contributed by atoms with Gasteiger partial charge in [0, 0.05) is 36.6 Å². The Balaban J connectivity index is 1.68. The van der Waals surface area contributed by atoms with E-state index in [2.05, 4.69) is 19.1 Å². The third-order valence-electron chi connectivity index (χ3n) is 5.93. The number of ketones is 1. The highest BCUT2D eigenvalue weighted by Crippen LogP contribution is 2.31. The first kappa shape index (κ1) is 23.5. The van der Waals surface area contributed by atoms with E-state index in [9.17, 15) is 13.7 Å². The van der Waals surface area contributed by atoms with Crippen molar-refractivity contribution < 1.29 is 13.7 Å². The Kier molecular flexibility index (Phi) is 7.55. The number of hydrogen-bond donors (Lipinski definition) is 0. The molecule has 2 aromatic rings. The van der Waals surface area contributed by atoms with Crippen molar-refractivity contribution in [3.63, 3.8) is 0 Å². The summed E-state index contributed by atoms with van der Waals surface area (Å²) in [6, 6.07) is 4.80. The van der Waals surface area contributed by atoms with E-state index in [-0.39, 0.29) is 17.5 Å². The standard InChI is InChI=1S/C24H30F2N3OP/c1-15(11-20-16(2)27-8-5-22(20)28(4)26)14-29-9-6-18(7-10-29)24-21(25)12-19(17(3)30)13-23(24)31/h5,8,11-13,18H,6-7,9-10,14,31H2,1-4H3/b15-11+. The normalized spacial score (nSPS) is 15.9. The van der Waals surface area contributed by atoms with E-state index in [0.717, 1.165) is 54.6 Å². The Morgan fingerprint density at radius 2 is 2.00 bits per heavy atom. The summed E-state index contributed by atoms with van der Waals surface area (Å²) in [4.78, 5) is 18.2. The molecule has 7 heteroatoms. The number of carbonyl (C=O) groups excluding carboxylic acids is 1. The molecule has 3 rings (SSSR count). The molecule has 0 saturated carbocycles. The van der Waals surface area contributed by atoms with Gasteiger partial charge >= 0.3 is 0 Å². The predicted octanol–water partition coefficient (Wildman–Crippen LogP) is 4.84. The second kappa shape index (κ2) is 9.97. The van der Waals surface area contributed by atoms with Crippen molar-refractivity contribution in [3.8, 4) is 0 Å². The van der Waals surface area contributed by atoms with E-state index < -0.39 is 0 Å². The zero-order chi connectivity index (χ0) is 22.7. The lowest BCUT2D eigenvalue weighted by Crippen LogP contribution is -2.35. The van der Waals surface area contributed by atoms with Gasteiger partial charge < -0.3 is 0 Å². The molecule has 1 aromatic carbocycles. The van der Waals surface area contributed by atoms with Crippen molar-refractivity contribution in [3.05, 3.63) is 58.2 Å². The molecule has 0 radical (unpaired) electrons. The first-order valence-electron chi connectivity index (χ1n) is 10.5. The monoisotopic (exact) mass is 445 g/mol. The molecule has 0 aliphatic carbocycles. The fourth-order valence-corrected chi connectivity index (χ4v) is 4.86. The third kappa shape index (κ3) is 5.55. The zero-order valence-electron chi connectivity index (χ0n) is 18.6. The van der Waals surface area contributed by atoms with Crippen LogP contribution in [0.1, 0.15) is 59.8 Å². The summed E-state index contributed by atoms with van der Waals surface area (Å²) in [5, 5.41) is 1.39. The quantitative estimate of drug-likeness (QED) is 0.362. The molecule has 31 heavy (non-hydrogen) atoms. The van der Waals surface area contributed by atoms with Crippen LogP contribution in [0, 0.1) is 12.7 Å². The van der Waals surface area contributed by atoms with Gasteiger partial charge in [0.1, 0.15) is 5.82 Å². The summed E-state index contributed by atoms with van der Waals surface area (Å²) in [7, 11) is 3.97. The number of pyridine rings is 1. The smallest absolute Gasteiger partial charge is 0.159 e. The Hall–Kier alpha value is -2.17. The van der Waals surface area contributed by atoms with Crippen LogP contribution < -0.4 is 10.4 Å². The number of Topliss-reactive ketones (excluding diaryl/α,β-unsaturated/α-hetero) is 1. The van der Waals surface area contributed by atoms with E-state index in [1.165, 1.54) is 20.0 Å². The highest BCUT2D eigenvalue weighted by Gasteiger charge is 2.25. The molecule has 1 aromatic heterocycles. The molecule has 1 unspecified atom stereocenters. The van der Waals surface area contributed by atoms with Crippen molar-refractivity contribution in [2.24, 2.45) is 0 Å². The maximum atomic E-state index is 14.7. The fourth-order valence-electron chi connectivity index (χ4n) is 4.31. The third-order valence-corrected chi connectivity index (χ3v) is 6.40. The van der Waals surface area contributed by atoms with E-state index in [0.29, 0.717) is 21.9 Å². The van der Waals surface area contributed by atoms with Crippen molar-refractivity contribution in [1.29, 1.82) is 0 Å². The average Bonchev–Trinajstić information content (AvgIpc) is 2.70. The molecule has 1 saturated heterocycles. The van der Waals surface area contributed by atoms with Crippen LogP contribution in [0.15, 0.2) is 30.0 Å². The number of aromatic nitrogens is 1. The molecular formula is C24H30F2N3OP. The van der Waals surface area contributed by atoms with Gasteiger partial charge in [-0.2, -0.15) is 0 Å². The molecule has 1 atom stereocenters. The highest BCUT2D eigenvalue weighted by molar-refractivity contribution is 7.27. The Labute approximate surface area is 185 Å². The van der Waals surface area contributed by atoms with Gasteiger partial charge in [-0.05, 0) is 81.7 Å². The van der Waals surface area contributed by atoms with Gasteiger partial charge in [-0.25, -0.2) is 9.51 Å². The number of hydrogen-bond acceptors (Lipinski definition) is 4. The van der Waals surface area contributed by atoms with Crippen LogP contribution in [0.25, 0.3) is 6.08 Å². The molecule has 0 N–H and O–H groups in total. The van der Waals surface area contributed by atoms with Crippen LogP contribution in [0.4, 0.5) is 14.6 Å². The molecule has 0 bridgehead atoms. The summed E-state index contributed by atoms with van der Waals surface area (Å²) in [5.74, 6) is -0.277. The maximum absolute atomic E-state index is 14.7. The molecule has 0 amide bonds. The van der Waals surface area contributed by atoms with Gasteiger partial charge in [-0.3, -0.25) is 14.7 Å². The SMILES string of the molecule is CC(=O)c1cc(F)c(C2CCN(C/C(C)=C/c3c(N(C)F)ccnc3C)CC2)c(P)c1. The second-order valence-corrected chi connectivity index (χ2v) is 8.99. The first-order valence-corrected chi connectivity index (χ1v) is 11.1. The number of benzene rings is 1. The number of piperidine rings is 1. The predicted molar refractivity (Wildman–Crippen MR) is 126 cm³/mol. The maximum Gasteiger partial charge on any atom is 0.159 e. The number of aryl methyl sites for hydroxylation is 1. The number of anilines is 1. The summed E-state index contributed by atoms with van der Waals surface area (Å²) >= 11 is 0. The van der Waals surface area contributed by atoms with Crippen LogP contribution in [-0.2, 0) is 0 Å². The fraction of sp³-hybridized carbons (Fsp3) is 0.417. The molecule has 4 nitrogen and oxygen atoms in total. The molecule has 1 aliphatic heterocycles. The van der Waals surface area contributed by atoms with Crippen LogP contribution in [-0.4, -0.2) is 42.3 Å². The van der Waals surface area contributed by atoms with E-state index in [1.807, 2.05) is 19.9 Å². The van der Waals surface area contributed by atoms with Crippen molar-refractivity contribution in [2.45, 2.75) is 39.5 Å².